The molecule has 0 saturated heterocycles. The summed E-state index contributed by atoms with van der Waals surface area (Å²) >= 11 is 0. The summed E-state index contributed by atoms with van der Waals surface area (Å²) in [5, 5.41) is 3.03. The first-order valence-corrected chi connectivity index (χ1v) is 12.7. The summed E-state index contributed by atoms with van der Waals surface area (Å²) in [7, 11) is 0. The average Bonchev–Trinajstić information content (AvgIpc) is 3.43. The molecule has 1 aliphatic carbocycles. The molecule has 0 aromatic heterocycles. The molecule has 1 fully saturated rings. The van der Waals surface area contributed by atoms with Gasteiger partial charge < -0.3 is 15.0 Å². The summed E-state index contributed by atoms with van der Waals surface area (Å²) in [5.74, 6) is 2.24. The van der Waals surface area contributed by atoms with Gasteiger partial charge in [-0.2, -0.15) is 0 Å². The molecule has 0 radical (unpaired) electrons. The van der Waals surface area contributed by atoms with E-state index in [0.29, 0.717) is 43.2 Å². The molecule has 35 heavy (non-hydrogen) atoms. The van der Waals surface area contributed by atoms with Crippen LogP contribution >= 0.6 is 0 Å². The van der Waals surface area contributed by atoms with Crippen LogP contribution in [0, 0.1) is 5.92 Å². The second-order valence-electron chi connectivity index (χ2n) is 9.12. The van der Waals surface area contributed by atoms with Gasteiger partial charge in [0.25, 0.3) is 5.91 Å². The fourth-order valence-corrected chi connectivity index (χ4v) is 4.59. The number of carbonyl (C=O) groups is 2. The first kappa shape index (κ1) is 24.5. The third kappa shape index (κ3) is 7.44. The van der Waals surface area contributed by atoms with Crippen molar-refractivity contribution in [3.63, 3.8) is 0 Å². The Morgan fingerprint density at radius 3 is 2.14 bits per heavy atom. The standard InChI is InChI=1S/C30H34N2O3/c33-29(21-16-24-10-7-8-11-24)31-22-9-23-32(30(34)25-12-3-1-4-13-25)26-17-19-28(20-18-26)35-27-14-5-2-6-15-27/h1-6,12-15,17-20,24H,7-11,16,21-23H2,(H,31,33). The zero-order valence-corrected chi connectivity index (χ0v) is 20.2. The normalized spacial score (nSPS) is 13.4. The van der Waals surface area contributed by atoms with Gasteiger partial charge in [0.05, 0.1) is 0 Å². The van der Waals surface area contributed by atoms with Gasteiger partial charge in [0.1, 0.15) is 11.5 Å². The third-order valence-corrected chi connectivity index (χ3v) is 6.53. The van der Waals surface area contributed by atoms with Crippen LogP contribution in [0.3, 0.4) is 0 Å². The first-order valence-electron chi connectivity index (χ1n) is 12.7. The van der Waals surface area contributed by atoms with E-state index in [4.69, 9.17) is 4.74 Å². The number of carbonyl (C=O) groups excluding carboxylic acids is 2. The molecule has 0 bridgehead atoms. The van der Waals surface area contributed by atoms with E-state index >= 15 is 0 Å². The van der Waals surface area contributed by atoms with Crippen LogP contribution in [0.1, 0.15) is 55.3 Å². The maximum Gasteiger partial charge on any atom is 0.258 e. The van der Waals surface area contributed by atoms with Gasteiger partial charge in [-0.3, -0.25) is 9.59 Å². The Balaban J connectivity index is 1.35. The summed E-state index contributed by atoms with van der Waals surface area (Å²) < 4.78 is 5.89. The lowest BCUT2D eigenvalue weighted by molar-refractivity contribution is -0.121. The number of hydrogen-bond donors (Lipinski definition) is 1. The smallest absolute Gasteiger partial charge is 0.258 e. The molecule has 2 amide bonds. The molecule has 1 aliphatic rings. The zero-order chi connectivity index (χ0) is 24.3. The number of anilines is 1. The van der Waals surface area contributed by atoms with Crippen molar-refractivity contribution in [2.24, 2.45) is 5.92 Å². The Labute approximate surface area is 208 Å². The summed E-state index contributed by atoms with van der Waals surface area (Å²) in [6, 6.07) is 26.4. The Morgan fingerprint density at radius 2 is 1.46 bits per heavy atom. The summed E-state index contributed by atoms with van der Waals surface area (Å²) in [6.45, 7) is 1.06. The highest BCUT2D eigenvalue weighted by Crippen LogP contribution is 2.28. The predicted octanol–water partition coefficient (Wildman–Crippen LogP) is 6.60. The Morgan fingerprint density at radius 1 is 0.829 bits per heavy atom. The number of hydrogen-bond acceptors (Lipinski definition) is 3. The first-order chi connectivity index (χ1) is 17.2. The molecule has 0 unspecified atom stereocenters. The molecule has 3 aromatic carbocycles. The molecule has 0 aliphatic heterocycles. The summed E-state index contributed by atoms with van der Waals surface area (Å²) in [5.41, 5.74) is 1.43. The van der Waals surface area contributed by atoms with Crippen molar-refractivity contribution in [1.82, 2.24) is 5.32 Å². The van der Waals surface area contributed by atoms with Crippen LogP contribution < -0.4 is 15.0 Å². The van der Waals surface area contributed by atoms with Crippen molar-refractivity contribution in [3.8, 4) is 11.5 Å². The molecule has 0 heterocycles. The highest BCUT2D eigenvalue weighted by molar-refractivity contribution is 6.06. The maximum absolute atomic E-state index is 13.3. The van der Waals surface area contributed by atoms with Crippen LogP contribution in [0.5, 0.6) is 11.5 Å². The van der Waals surface area contributed by atoms with E-state index in [9.17, 15) is 9.59 Å². The molecule has 5 heteroatoms. The van der Waals surface area contributed by atoms with E-state index in [1.165, 1.54) is 25.7 Å². The van der Waals surface area contributed by atoms with Crippen LogP contribution in [-0.2, 0) is 4.79 Å². The number of ether oxygens (including phenoxy) is 1. The van der Waals surface area contributed by atoms with Gasteiger partial charge in [-0.05, 0) is 67.3 Å². The van der Waals surface area contributed by atoms with Crippen molar-refractivity contribution in [2.75, 3.05) is 18.0 Å². The Hall–Kier alpha value is -3.60. The SMILES string of the molecule is O=C(CCC1CCCC1)NCCCN(C(=O)c1ccccc1)c1ccc(Oc2ccccc2)cc1. The molecule has 3 aromatic rings. The lowest BCUT2D eigenvalue weighted by atomic mass is 10.0. The fraction of sp³-hybridized carbons (Fsp3) is 0.333. The highest BCUT2D eigenvalue weighted by atomic mass is 16.5. The number of benzene rings is 3. The number of rotatable bonds is 11. The molecular weight excluding hydrogens is 436 g/mol. The quantitative estimate of drug-likeness (QED) is 0.321. The van der Waals surface area contributed by atoms with Crippen LogP contribution in [-0.4, -0.2) is 24.9 Å². The van der Waals surface area contributed by atoms with E-state index in [0.717, 1.165) is 17.9 Å². The van der Waals surface area contributed by atoms with Crippen LogP contribution in [0.2, 0.25) is 0 Å². The van der Waals surface area contributed by atoms with E-state index < -0.39 is 0 Å². The monoisotopic (exact) mass is 470 g/mol. The molecule has 0 atom stereocenters. The lowest BCUT2D eigenvalue weighted by Crippen LogP contribution is -2.34. The predicted molar refractivity (Wildman–Crippen MR) is 140 cm³/mol. The minimum absolute atomic E-state index is 0.0603. The molecular formula is C30H34N2O3. The summed E-state index contributed by atoms with van der Waals surface area (Å²) in [4.78, 5) is 27.3. The highest BCUT2D eigenvalue weighted by Gasteiger charge is 2.18. The van der Waals surface area contributed by atoms with E-state index in [2.05, 4.69) is 5.32 Å². The van der Waals surface area contributed by atoms with Gasteiger partial charge in [-0.25, -0.2) is 0 Å². The van der Waals surface area contributed by atoms with Crippen molar-refractivity contribution >= 4 is 17.5 Å². The van der Waals surface area contributed by atoms with Gasteiger partial charge in [0, 0.05) is 30.8 Å². The van der Waals surface area contributed by atoms with Crippen molar-refractivity contribution in [2.45, 2.75) is 44.9 Å². The van der Waals surface area contributed by atoms with Gasteiger partial charge >= 0.3 is 0 Å². The second kappa shape index (κ2) is 12.7. The molecule has 1 N–H and O–H groups in total. The maximum atomic E-state index is 13.3. The topological polar surface area (TPSA) is 58.6 Å². The molecule has 4 rings (SSSR count). The second-order valence-corrected chi connectivity index (χ2v) is 9.12. The minimum Gasteiger partial charge on any atom is -0.457 e. The zero-order valence-electron chi connectivity index (χ0n) is 20.2. The van der Waals surface area contributed by atoms with Crippen molar-refractivity contribution in [1.29, 1.82) is 0 Å². The molecule has 1 saturated carbocycles. The number of nitrogens with one attached hydrogen (secondary N) is 1. The largest absolute Gasteiger partial charge is 0.457 e. The van der Waals surface area contributed by atoms with E-state index in [1.807, 2.05) is 84.9 Å². The summed E-state index contributed by atoms with van der Waals surface area (Å²) in [6.07, 6.45) is 7.39. The van der Waals surface area contributed by atoms with Crippen LogP contribution in [0.4, 0.5) is 5.69 Å². The molecule has 182 valence electrons. The van der Waals surface area contributed by atoms with Crippen molar-refractivity contribution in [3.05, 3.63) is 90.5 Å². The average molecular weight is 471 g/mol. The van der Waals surface area contributed by atoms with Gasteiger partial charge in [-0.15, -0.1) is 0 Å². The third-order valence-electron chi connectivity index (χ3n) is 6.53. The minimum atomic E-state index is -0.0603. The number of nitrogens with zero attached hydrogens (tertiary/aromatic N) is 1. The van der Waals surface area contributed by atoms with Gasteiger partial charge in [-0.1, -0.05) is 62.1 Å². The fourth-order valence-electron chi connectivity index (χ4n) is 4.59. The van der Waals surface area contributed by atoms with Crippen LogP contribution in [0.25, 0.3) is 0 Å². The van der Waals surface area contributed by atoms with E-state index in [-0.39, 0.29) is 11.8 Å². The Bertz CT molecular complexity index is 1060. The van der Waals surface area contributed by atoms with Gasteiger partial charge in [0.15, 0.2) is 0 Å². The van der Waals surface area contributed by atoms with E-state index in [1.54, 1.807) is 4.90 Å². The number of amides is 2. The van der Waals surface area contributed by atoms with Crippen LogP contribution in [0.15, 0.2) is 84.9 Å². The lowest BCUT2D eigenvalue weighted by Gasteiger charge is -2.23. The molecule has 5 nitrogen and oxygen atoms in total. The van der Waals surface area contributed by atoms with Gasteiger partial charge in [0.2, 0.25) is 5.91 Å². The number of para-hydroxylation sites is 1. The van der Waals surface area contributed by atoms with Crippen molar-refractivity contribution < 1.29 is 14.3 Å². The molecule has 0 spiro atoms. The Kier molecular flexibility index (Phi) is 8.93.